The van der Waals surface area contributed by atoms with Crippen molar-refractivity contribution in [2.24, 2.45) is 0 Å². The molecule has 0 unspecified atom stereocenters. The van der Waals surface area contributed by atoms with Gasteiger partial charge < -0.3 is 0 Å². The molecule has 0 saturated carbocycles. The molecule has 0 amide bonds. The summed E-state index contributed by atoms with van der Waals surface area (Å²) in [5.41, 5.74) is 3.28. The Hall–Kier alpha value is -1.62. The number of imidazole rings is 1. The van der Waals surface area contributed by atoms with E-state index >= 15 is 0 Å². The van der Waals surface area contributed by atoms with E-state index in [9.17, 15) is 0 Å². The van der Waals surface area contributed by atoms with Crippen molar-refractivity contribution in [2.75, 3.05) is 0 Å². The molecule has 3 rings (SSSR count). The first-order chi connectivity index (χ1) is 7.72. The highest BCUT2D eigenvalue weighted by molar-refractivity contribution is 7.15. The summed E-state index contributed by atoms with van der Waals surface area (Å²) in [5, 5.41) is 6.47. The van der Waals surface area contributed by atoms with E-state index in [1.54, 1.807) is 11.3 Å². The smallest absolute Gasteiger partial charge is 0.193 e. The quantitative estimate of drug-likeness (QED) is 0.679. The summed E-state index contributed by atoms with van der Waals surface area (Å²) in [5.74, 6) is 0. The molecule has 3 aromatic heterocycles. The molecule has 5 heteroatoms. The van der Waals surface area contributed by atoms with Crippen molar-refractivity contribution in [2.45, 2.75) is 20.4 Å². The molecule has 4 nitrogen and oxygen atoms in total. The summed E-state index contributed by atoms with van der Waals surface area (Å²) >= 11 is 1.65. The second-order valence-electron chi connectivity index (χ2n) is 3.91. The lowest BCUT2D eigenvalue weighted by Crippen LogP contribution is -2.04. The third kappa shape index (κ3) is 1.53. The predicted octanol–water partition coefficient (Wildman–Crippen LogP) is 2.26. The molecule has 16 heavy (non-hydrogen) atoms. The SMILES string of the molecule is Cc1cc(C)n(Cc2cn3ccsc3n2)n1. The van der Waals surface area contributed by atoms with Crippen molar-refractivity contribution in [3.05, 3.63) is 40.9 Å². The molecule has 0 spiro atoms. The standard InChI is InChI=1S/C11H12N4S/c1-8-5-9(2)15(13-8)7-10-6-14-3-4-16-11(14)12-10/h3-6H,7H2,1-2H3. The van der Waals surface area contributed by atoms with Crippen LogP contribution in [0.25, 0.3) is 4.96 Å². The van der Waals surface area contributed by atoms with Gasteiger partial charge in [0, 0.05) is 23.5 Å². The largest absolute Gasteiger partial charge is 0.297 e. The zero-order chi connectivity index (χ0) is 11.1. The van der Waals surface area contributed by atoms with Crippen LogP contribution in [0, 0.1) is 13.8 Å². The lowest BCUT2D eigenvalue weighted by atomic mass is 10.4. The normalized spacial score (nSPS) is 11.4. The van der Waals surface area contributed by atoms with Crippen LogP contribution in [0.3, 0.4) is 0 Å². The van der Waals surface area contributed by atoms with Crippen molar-refractivity contribution in [1.29, 1.82) is 0 Å². The molecule has 0 N–H and O–H groups in total. The second-order valence-corrected chi connectivity index (χ2v) is 4.78. The molecule has 0 aromatic carbocycles. The Labute approximate surface area is 97.2 Å². The molecule has 3 aromatic rings. The van der Waals surface area contributed by atoms with Crippen LogP contribution in [-0.2, 0) is 6.54 Å². The van der Waals surface area contributed by atoms with E-state index in [2.05, 4.69) is 29.3 Å². The average molecular weight is 232 g/mol. The van der Waals surface area contributed by atoms with Gasteiger partial charge >= 0.3 is 0 Å². The molecule has 0 atom stereocenters. The van der Waals surface area contributed by atoms with E-state index in [1.165, 1.54) is 5.69 Å². The van der Waals surface area contributed by atoms with Gasteiger partial charge in [0.15, 0.2) is 4.96 Å². The van der Waals surface area contributed by atoms with Crippen LogP contribution in [0.2, 0.25) is 0 Å². The maximum atomic E-state index is 4.54. The zero-order valence-electron chi connectivity index (χ0n) is 9.21. The molecule has 0 saturated heterocycles. The number of thiazole rings is 1. The molecule has 3 heterocycles. The fourth-order valence-corrected chi connectivity index (χ4v) is 2.56. The van der Waals surface area contributed by atoms with Crippen LogP contribution in [0.4, 0.5) is 0 Å². The van der Waals surface area contributed by atoms with Crippen molar-refractivity contribution >= 4 is 16.3 Å². The van der Waals surface area contributed by atoms with Crippen molar-refractivity contribution < 1.29 is 0 Å². The van der Waals surface area contributed by atoms with E-state index in [4.69, 9.17) is 0 Å². The number of aryl methyl sites for hydroxylation is 2. The van der Waals surface area contributed by atoms with Crippen LogP contribution in [0.15, 0.2) is 23.8 Å². The van der Waals surface area contributed by atoms with Gasteiger partial charge in [0.25, 0.3) is 0 Å². The lowest BCUT2D eigenvalue weighted by Gasteiger charge is -2.00. The molecule has 0 fully saturated rings. The van der Waals surface area contributed by atoms with Gasteiger partial charge in [-0.2, -0.15) is 5.10 Å². The zero-order valence-corrected chi connectivity index (χ0v) is 10.0. The van der Waals surface area contributed by atoms with Crippen LogP contribution >= 0.6 is 11.3 Å². The van der Waals surface area contributed by atoms with Crippen LogP contribution in [0.5, 0.6) is 0 Å². The summed E-state index contributed by atoms with van der Waals surface area (Å²) in [6, 6.07) is 2.08. The average Bonchev–Trinajstić information content (AvgIpc) is 2.82. The number of nitrogens with zero attached hydrogens (tertiary/aromatic N) is 4. The Balaban J connectivity index is 1.94. The maximum absolute atomic E-state index is 4.54. The molecular formula is C11H12N4S. The lowest BCUT2D eigenvalue weighted by molar-refractivity contribution is 0.649. The molecule has 82 valence electrons. The number of fused-ring (bicyclic) bond motifs is 1. The number of hydrogen-bond donors (Lipinski definition) is 0. The van der Waals surface area contributed by atoms with E-state index in [1.807, 2.05) is 27.6 Å². The van der Waals surface area contributed by atoms with Crippen molar-refractivity contribution in [3.8, 4) is 0 Å². The first-order valence-electron chi connectivity index (χ1n) is 5.14. The minimum absolute atomic E-state index is 0.744. The summed E-state index contributed by atoms with van der Waals surface area (Å²) < 4.78 is 4.04. The first kappa shape index (κ1) is 9.59. The van der Waals surface area contributed by atoms with Crippen molar-refractivity contribution in [1.82, 2.24) is 19.2 Å². The molecule has 0 bridgehead atoms. The van der Waals surface area contributed by atoms with Gasteiger partial charge in [-0.25, -0.2) is 4.98 Å². The molecule has 0 radical (unpaired) electrons. The minimum Gasteiger partial charge on any atom is -0.297 e. The van der Waals surface area contributed by atoms with Gasteiger partial charge in [-0.15, -0.1) is 11.3 Å². The molecule has 0 aliphatic carbocycles. The Morgan fingerprint density at radius 2 is 2.25 bits per heavy atom. The third-order valence-corrected chi connectivity index (χ3v) is 3.33. The number of aromatic nitrogens is 4. The summed E-state index contributed by atoms with van der Waals surface area (Å²) in [7, 11) is 0. The topological polar surface area (TPSA) is 35.1 Å². The first-order valence-corrected chi connectivity index (χ1v) is 6.02. The van der Waals surface area contributed by atoms with E-state index < -0.39 is 0 Å². The number of hydrogen-bond acceptors (Lipinski definition) is 3. The number of rotatable bonds is 2. The third-order valence-electron chi connectivity index (χ3n) is 2.56. The molecular weight excluding hydrogens is 220 g/mol. The van der Waals surface area contributed by atoms with Gasteiger partial charge in [0.1, 0.15) is 0 Å². The highest BCUT2D eigenvalue weighted by Crippen LogP contribution is 2.13. The van der Waals surface area contributed by atoms with Gasteiger partial charge in [0.05, 0.1) is 17.9 Å². The van der Waals surface area contributed by atoms with Crippen LogP contribution in [0.1, 0.15) is 17.1 Å². The van der Waals surface area contributed by atoms with Gasteiger partial charge in [-0.3, -0.25) is 9.08 Å². The maximum Gasteiger partial charge on any atom is 0.193 e. The van der Waals surface area contributed by atoms with E-state index in [-0.39, 0.29) is 0 Å². The molecule has 0 aliphatic heterocycles. The van der Waals surface area contributed by atoms with E-state index in [0.29, 0.717) is 0 Å². The fourth-order valence-electron chi connectivity index (χ4n) is 1.84. The van der Waals surface area contributed by atoms with Gasteiger partial charge in [0.2, 0.25) is 0 Å². The summed E-state index contributed by atoms with van der Waals surface area (Å²) in [6.45, 7) is 4.82. The van der Waals surface area contributed by atoms with Crippen LogP contribution in [-0.4, -0.2) is 19.2 Å². The monoisotopic (exact) mass is 232 g/mol. The Morgan fingerprint density at radius 3 is 2.94 bits per heavy atom. The van der Waals surface area contributed by atoms with Crippen LogP contribution < -0.4 is 0 Å². The Kier molecular flexibility index (Phi) is 2.07. The van der Waals surface area contributed by atoms with Crippen molar-refractivity contribution in [3.63, 3.8) is 0 Å². The van der Waals surface area contributed by atoms with Gasteiger partial charge in [-0.1, -0.05) is 0 Å². The summed E-state index contributed by atoms with van der Waals surface area (Å²) in [4.78, 5) is 5.58. The summed E-state index contributed by atoms with van der Waals surface area (Å²) in [6.07, 6.45) is 4.08. The Bertz CT molecular complexity index is 603. The van der Waals surface area contributed by atoms with Gasteiger partial charge in [-0.05, 0) is 19.9 Å². The second kappa shape index (κ2) is 3.45. The minimum atomic E-state index is 0.744. The Morgan fingerprint density at radius 1 is 1.38 bits per heavy atom. The highest BCUT2D eigenvalue weighted by atomic mass is 32.1. The molecule has 0 aliphatic rings. The highest BCUT2D eigenvalue weighted by Gasteiger charge is 2.06. The van der Waals surface area contributed by atoms with E-state index in [0.717, 1.165) is 22.9 Å². The fraction of sp³-hybridized carbons (Fsp3) is 0.273. The predicted molar refractivity (Wildman–Crippen MR) is 63.9 cm³/mol.